The van der Waals surface area contributed by atoms with Crippen molar-refractivity contribution in [1.29, 1.82) is 5.26 Å². The summed E-state index contributed by atoms with van der Waals surface area (Å²) in [5.74, 6) is 0.361. The molecule has 0 N–H and O–H groups in total. The Morgan fingerprint density at radius 2 is 2.43 bits per heavy atom. The van der Waals surface area contributed by atoms with Gasteiger partial charge >= 0.3 is 0 Å². The molecule has 0 aromatic rings. The smallest absolute Gasteiger partial charge is 0.192 e. The molecule has 0 rings (SSSR count). The SMILES string of the molecule is C/C=C(\C#N)OC. The lowest BCUT2D eigenvalue weighted by Crippen LogP contribution is -1.77. The van der Waals surface area contributed by atoms with Gasteiger partial charge in [0.15, 0.2) is 5.76 Å². The summed E-state index contributed by atoms with van der Waals surface area (Å²) in [7, 11) is 1.47. The summed E-state index contributed by atoms with van der Waals surface area (Å²) in [5.41, 5.74) is 0. The molecule has 0 bridgehead atoms. The highest BCUT2D eigenvalue weighted by Crippen LogP contribution is 1.87. The predicted molar refractivity (Wildman–Crippen MR) is 26.4 cm³/mol. The summed E-state index contributed by atoms with van der Waals surface area (Å²) in [4.78, 5) is 0. The topological polar surface area (TPSA) is 33.0 Å². The lowest BCUT2D eigenvalue weighted by atomic mass is 10.5. The van der Waals surface area contributed by atoms with Crippen LogP contribution in [0, 0.1) is 11.3 Å². The van der Waals surface area contributed by atoms with E-state index in [0.717, 1.165) is 0 Å². The van der Waals surface area contributed by atoms with Gasteiger partial charge in [-0.15, -0.1) is 0 Å². The molecule has 38 valence electrons. The van der Waals surface area contributed by atoms with Crippen molar-refractivity contribution >= 4 is 0 Å². The molecule has 0 aliphatic heterocycles. The van der Waals surface area contributed by atoms with Gasteiger partial charge in [-0.3, -0.25) is 0 Å². The summed E-state index contributed by atoms with van der Waals surface area (Å²) in [6.45, 7) is 1.75. The number of hydrogen-bond acceptors (Lipinski definition) is 2. The lowest BCUT2D eigenvalue weighted by Gasteiger charge is -1.88. The van der Waals surface area contributed by atoms with Crippen molar-refractivity contribution < 1.29 is 4.74 Å². The monoisotopic (exact) mass is 97.1 g/mol. The predicted octanol–water partition coefficient (Wildman–Crippen LogP) is 1.06. The van der Waals surface area contributed by atoms with Crippen LogP contribution in [0.25, 0.3) is 0 Å². The summed E-state index contributed by atoms with van der Waals surface area (Å²) >= 11 is 0. The van der Waals surface area contributed by atoms with E-state index in [-0.39, 0.29) is 0 Å². The lowest BCUT2D eigenvalue weighted by molar-refractivity contribution is 0.309. The van der Waals surface area contributed by atoms with Crippen molar-refractivity contribution in [2.75, 3.05) is 7.11 Å². The van der Waals surface area contributed by atoms with Gasteiger partial charge in [0.2, 0.25) is 0 Å². The van der Waals surface area contributed by atoms with Crippen molar-refractivity contribution in [3.63, 3.8) is 0 Å². The molecule has 7 heavy (non-hydrogen) atoms. The van der Waals surface area contributed by atoms with E-state index in [1.165, 1.54) is 7.11 Å². The number of nitriles is 1. The molecular weight excluding hydrogens is 90.1 g/mol. The molecule has 0 spiro atoms. The zero-order chi connectivity index (χ0) is 5.70. The Kier molecular flexibility index (Phi) is 2.78. The van der Waals surface area contributed by atoms with Crippen molar-refractivity contribution in [3.05, 3.63) is 11.8 Å². The Hall–Kier alpha value is -0.970. The number of hydrogen-bond donors (Lipinski definition) is 0. The standard InChI is InChI=1S/C5H7NO/c1-3-5(4-6)7-2/h3H,1-2H3/b5-3+. The minimum absolute atomic E-state index is 0.361. The van der Waals surface area contributed by atoms with Crippen LogP contribution in [0.15, 0.2) is 11.8 Å². The molecule has 0 amide bonds. The molecule has 0 aromatic carbocycles. The van der Waals surface area contributed by atoms with Crippen LogP contribution in [-0.2, 0) is 4.74 Å². The number of allylic oxidation sites excluding steroid dienone is 2. The van der Waals surface area contributed by atoms with Gasteiger partial charge in [-0.25, -0.2) is 0 Å². The van der Waals surface area contributed by atoms with Crippen molar-refractivity contribution in [1.82, 2.24) is 0 Å². The molecular formula is C5H7NO. The maximum Gasteiger partial charge on any atom is 0.192 e. The zero-order valence-corrected chi connectivity index (χ0v) is 4.43. The first-order valence-electron chi connectivity index (χ1n) is 1.95. The highest BCUT2D eigenvalue weighted by Gasteiger charge is 1.82. The van der Waals surface area contributed by atoms with E-state index in [1.54, 1.807) is 13.0 Å². The van der Waals surface area contributed by atoms with Crippen LogP contribution in [0.4, 0.5) is 0 Å². The molecule has 0 saturated carbocycles. The van der Waals surface area contributed by atoms with Gasteiger partial charge < -0.3 is 4.74 Å². The molecule has 2 nitrogen and oxygen atoms in total. The molecule has 0 saturated heterocycles. The zero-order valence-electron chi connectivity index (χ0n) is 4.43. The quantitative estimate of drug-likeness (QED) is 0.362. The van der Waals surface area contributed by atoms with Crippen LogP contribution in [0.5, 0.6) is 0 Å². The van der Waals surface area contributed by atoms with Gasteiger partial charge in [0.1, 0.15) is 6.07 Å². The molecule has 0 fully saturated rings. The fourth-order valence-corrected chi connectivity index (χ4v) is 0.228. The number of ether oxygens (including phenoxy) is 1. The summed E-state index contributed by atoms with van der Waals surface area (Å²) < 4.78 is 4.55. The minimum Gasteiger partial charge on any atom is -0.487 e. The van der Waals surface area contributed by atoms with E-state index in [2.05, 4.69) is 4.74 Å². The maximum absolute atomic E-state index is 8.08. The van der Waals surface area contributed by atoms with Crippen LogP contribution in [0.1, 0.15) is 6.92 Å². The van der Waals surface area contributed by atoms with Crippen LogP contribution in [0.2, 0.25) is 0 Å². The first-order valence-corrected chi connectivity index (χ1v) is 1.95. The van der Waals surface area contributed by atoms with Crippen LogP contribution in [-0.4, -0.2) is 7.11 Å². The Bertz CT molecular complexity index is 110. The van der Waals surface area contributed by atoms with E-state index in [9.17, 15) is 0 Å². The second kappa shape index (κ2) is 3.23. The molecule has 0 atom stereocenters. The second-order valence-corrected chi connectivity index (χ2v) is 0.969. The fourth-order valence-electron chi connectivity index (χ4n) is 0.228. The average molecular weight is 97.1 g/mol. The van der Waals surface area contributed by atoms with E-state index < -0.39 is 0 Å². The summed E-state index contributed by atoms with van der Waals surface area (Å²) in [6, 6.07) is 1.84. The van der Waals surface area contributed by atoms with Crippen LogP contribution < -0.4 is 0 Å². The molecule has 0 aromatic heterocycles. The van der Waals surface area contributed by atoms with Crippen molar-refractivity contribution in [2.45, 2.75) is 6.92 Å². The normalized spacial score (nSPS) is 10.1. The molecule has 2 heteroatoms. The van der Waals surface area contributed by atoms with E-state index in [1.807, 2.05) is 6.07 Å². The first kappa shape index (κ1) is 6.03. The maximum atomic E-state index is 8.08. The number of methoxy groups -OCH3 is 1. The van der Waals surface area contributed by atoms with Crippen molar-refractivity contribution in [2.24, 2.45) is 0 Å². The second-order valence-electron chi connectivity index (χ2n) is 0.969. The molecule has 0 aliphatic carbocycles. The molecule has 0 heterocycles. The summed E-state index contributed by atoms with van der Waals surface area (Å²) in [5, 5.41) is 8.08. The number of nitrogens with zero attached hydrogens (tertiary/aromatic N) is 1. The average Bonchev–Trinajstić information content (AvgIpc) is 1.72. The Balaban J connectivity index is 3.68. The van der Waals surface area contributed by atoms with Gasteiger partial charge in [0.05, 0.1) is 7.11 Å². The highest BCUT2D eigenvalue weighted by atomic mass is 16.5. The van der Waals surface area contributed by atoms with E-state index >= 15 is 0 Å². The Morgan fingerprint density at radius 1 is 1.86 bits per heavy atom. The van der Waals surface area contributed by atoms with Gasteiger partial charge in [0.25, 0.3) is 0 Å². The third kappa shape index (κ3) is 1.83. The van der Waals surface area contributed by atoms with Crippen molar-refractivity contribution in [3.8, 4) is 6.07 Å². The summed E-state index contributed by atoms with van der Waals surface area (Å²) in [6.07, 6.45) is 1.61. The largest absolute Gasteiger partial charge is 0.487 e. The third-order valence-corrected chi connectivity index (χ3v) is 0.592. The van der Waals surface area contributed by atoms with Crippen LogP contribution >= 0.6 is 0 Å². The van der Waals surface area contributed by atoms with Gasteiger partial charge in [-0.1, -0.05) is 0 Å². The first-order chi connectivity index (χ1) is 3.35. The van der Waals surface area contributed by atoms with Gasteiger partial charge in [0, 0.05) is 0 Å². The van der Waals surface area contributed by atoms with E-state index in [0.29, 0.717) is 5.76 Å². The fraction of sp³-hybridized carbons (Fsp3) is 0.400. The molecule has 0 unspecified atom stereocenters. The molecule has 0 radical (unpaired) electrons. The number of rotatable bonds is 1. The van der Waals surface area contributed by atoms with Gasteiger partial charge in [-0.05, 0) is 13.0 Å². The third-order valence-electron chi connectivity index (χ3n) is 0.592. The molecule has 0 aliphatic rings. The van der Waals surface area contributed by atoms with E-state index in [4.69, 9.17) is 5.26 Å². The highest BCUT2D eigenvalue weighted by molar-refractivity contribution is 5.10. The Labute approximate surface area is 43.0 Å². The van der Waals surface area contributed by atoms with Gasteiger partial charge in [-0.2, -0.15) is 5.26 Å². The minimum atomic E-state index is 0.361. The Morgan fingerprint density at radius 3 is 2.43 bits per heavy atom. The van der Waals surface area contributed by atoms with Crippen LogP contribution in [0.3, 0.4) is 0 Å².